The van der Waals surface area contributed by atoms with Crippen molar-refractivity contribution in [3.8, 4) is 0 Å². The Bertz CT molecular complexity index is 122. The molecular weight excluding hydrogens is 396 g/mol. The minimum Gasteiger partial charge on any atom is -0.662 e. The summed E-state index contributed by atoms with van der Waals surface area (Å²) in [5.41, 5.74) is 0. The first-order chi connectivity index (χ1) is 6.20. The number of fused-ring (bicyclic) bond motifs is 1. The molecule has 1 aliphatic carbocycles. The summed E-state index contributed by atoms with van der Waals surface area (Å²) in [6.45, 7) is 8.62. The molecule has 2 atom stereocenters. The summed E-state index contributed by atoms with van der Waals surface area (Å²) in [7, 11) is 0. The van der Waals surface area contributed by atoms with Crippen molar-refractivity contribution in [2.45, 2.75) is 46.5 Å². The Balaban J connectivity index is 0.000000299. The first kappa shape index (κ1) is 15.0. The topological polar surface area (TPSA) is 14.1 Å². The van der Waals surface area contributed by atoms with E-state index < -0.39 is 0 Å². The molecule has 0 aromatic rings. The van der Waals surface area contributed by atoms with E-state index in [1.165, 1.54) is 44.7 Å². The van der Waals surface area contributed by atoms with Gasteiger partial charge in [0.2, 0.25) is 0 Å². The van der Waals surface area contributed by atoms with Crippen molar-refractivity contribution in [2.24, 2.45) is 11.8 Å². The molecule has 0 aromatic heterocycles. The third-order valence-electron chi connectivity index (χ3n) is 2.79. The van der Waals surface area contributed by atoms with Gasteiger partial charge in [0.1, 0.15) is 0 Å². The van der Waals surface area contributed by atoms with Crippen LogP contribution >= 0.6 is 0 Å². The molecule has 0 spiro atoms. The molecule has 2 fully saturated rings. The fourth-order valence-electron chi connectivity index (χ4n) is 2.17. The van der Waals surface area contributed by atoms with Gasteiger partial charge < -0.3 is 11.2 Å². The van der Waals surface area contributed by atoms with Crippen LogP contribution < -0.4 is 0 Å². The van der Waals surface area contributed by atoms with Crippen LogP contribution in [0.4, 0.5) is 0 Å². The summed E-state index contributed by atoms with van der Waals surface area (Å²) in [6.07, 6.45) is 5.87. The van der Waals surface area contributed by atoms with Gasteiger partial charge in [-0.05, 0) is 0 Å². The van der Waals surface area contributed by atoms with E-state index in [1.807, 2.05) is 0 Å². The summed E-state index contributed by atoms with van der Waals surface area (Å²) in [5.74, 6) is 3.41. The van der Waals surface area contributed by atoms with E-state index in [2.05, 4.69) is 26.1 Å². The fourth-order valence-corrected chi connectivity index (χ4v) is 2.17. The van der Waals surface area contributed by atoms with E-state index in [0.29, 0.717) is 0 Å². The van der Waals surface area contributed by atoms with Gasteiger partial charge >= 0.3 is 31.1 Å². The quantitative estimate of drug-likeness (QED) is 0.531. The van der Waals surface area contributed by atoms with Gasteiger partial charge in [-0.25, -0.2) is 0 Å². The second kappa shape index (κ2) is 8.20. The molecule has 0 radical (unpaired) electrons. The van der Waals surface area contributed by atoms with Crippen LogP contribution in [0.2, 0.25) is 0 Å². The summed E-state index contributed by atoms with van der Waals surface area (Å²) >= 11 is 0. The number of hydrogen-bond donors (Lipinski definition) is 0. The summed E-state index contributed by atoms with van der Waals surface area (Å²) < 4.78 is 0. The third-order valence-corrected chi connectivity index (χ3v) is 2.79. The Labute approximate surface area is 113 Å². The van der Waals surface area contributed by atoms with Gasteiger partial charge in [0, 0.05) is 0 Å². The maximum absolute atomic E-state index is 4.43. The summed E-state index contributed by atoms with van der Waals surface area (Å²) in [4.78, 5) is 0. The Morgan fingerprint density at radius 1 is 0.929 bits per heavy atom. The average Bonchev–Trinajstić information content (AvgIpc) is 2.49. The minimum absolute atomic E-state index is 0. The fraction of sp³-hybridized carbons (Fsp3) is 0.917. The van der Waals surface area contributed by atoms with Crippen molar-refractivity contribution in [3.63, 3.8) is 0 Å². The molecule has 2 heteroatoms. The SMILES string of the molecule is C1CCC2C[N-]CC2C1.C[C-](C)C.[U+2]. The molecule has 80 valence electrons. The molecule has 2 aliphatic rings. The molecule has 1 saturated heterocycles. The van der Waals surface area contributed by atoms with Crippen molar-refractivity contribution >= 4 is 0 Å². The second-order valence-corrected chi connectivity index (χ2v) is 4.89. The predicted octanol–water partition coefficient (Wildman–Crippen LogP) is 3.80. The zero-order valence-corrected chi connectivity index (χ0v) is 14.0. The van der Waals surface area contributed by atoms with Gasteiger partial charge in [-0.2, -0.15) is 20.8 Å². The van der Waals surface area contributed by atoms with E-state index in [1.54, 1.807) is 0 Å². The summed E-state index contributed by atoms with van der Waals surface area (Å²) in [6, 6.07) is 0. The maximum Gasteiger partial charge on any atom is 2.00 e. The Hall–Kier alpha value is 1.01. The molecule has 0 amide bonds. The van der Waals surface area contributed by atoms with Gasteiger partial charge in [-0.1, -0.05) is 37.5 Å². The average molecular weight is 419 g/mol. The molecule has 0 aromatic carbocycles. The monoisotopic (exact) mass is 419 g/mol. The molecule has 1 saturated carbocycles. The zero-order chi connectivity index (χ0) is 9.68. The number of nitrogens with zero attached hydrogens (tertiary/aromatic N) is 1. The predicted molar refractivity (Wildman–Crippen MR) is 58.8 cm³/mol. The number of rotatable bonds is 0. The van der Waals surface area contributed by atoms with Crippen molar-refractivity contribution in [3.05, 3.63) is 11.2 Å². The van der Waals surface area contributed by atoms with Gasteiger partial charge in [0.05, 0.1) is 0 Å². The van der Waals surface area contributed by atoms with Crippen LogP contribution in [0.3, 0.4) is 0 Å². The van der Waals surface area contributed by atoms with Gasteiger partial charge in [-0.15, -0.1) is 13.1 Å². The molecule has 2 unspecified atom stereocenters. The van der Waals surface area contributed by atoms with Gasteiger partial charge in [0.25, 0.3) is 0 Å². The van der Waals surface area contributed by atoms with E-state index in [9.17, 15) is 0 Å². The van der Waals surface area contributed by atoms with E-state index in [-0.39, 0.29) is 31.1 Å². The maximum atomic E-state index is 4.43. The van der Waals surface area contributed by atoms with Crippen LogP contribution in [0, 0.1) is 48.9 Å². The van der Waals surface area contributed by atoms with Crippen LogP contribution in [-0.2, 0) is 0 Å². The first-order valence-corrected chi connectivity index (χ1v) is 5.60. The van der Waals surface area contributed by atoms with Gasteiger partial charge in [-0.3, -0.25) is 0 Å². The molecule has 1 aliphatic heterocycles. The summed E-state index contributed by atoms with van der Waals surface area (Å²) in [5, 5.41) is 4.43. The molecule has 1 heterocycles. The van der Waals surface area contributed by atoms with Gasteiger partial charge in [0.15, 0.2) is 0 Å². The van der Waals surface area contributed by atoms with Crippen LogP contribution in [0.1, 0.15) is 46.5 Å². The smallest absolute Gasteiger partial charge is 0.662 e. The van der Waals surface area contributed by atoms with Crippen molar-refractivity contribution in [2.75, 3.05) is 13.1 Å². The molecule has 2 rings (SSSR count). The first-order valence-electron chi connectivity index (χ1n) is 5.60. The van der Waals surface area contributed by atoms with E-state index in [0.717, 1.165) is 11.8 Å². The Kier molecular flexibility index (Phi) is 8.79. The normalized spacial score (nSPS) is 30.0. The third kappa shape index (κ3) is 5.79. The molecule has 1 nitrogen and oxygen atoms in total. The molecule has 0 N–H and O–H groups in total. The van der Waals surface area contributed by atoms with E-state index >= 15 is 0 Å². The number of hydrogen-bond acceptors (Lipinski definition) is 0. The molecule has 0 bridgehead atoms. The zero-order valence-electron chi connectivity index (χ0n) is 9.84. The van der Waals surface area contributed by atoms with Crippen molar-refractivity contribution in [1.82, 2.24) is 0 Å². The second-order valence-electron chi connectivity index (χ2n) is 4.89. The van der Waals surface area contributed by atoms with Crippen molar-refractivity contribution < 1.29 is 31.1 Å². The van der Waals surface area contributed by atoms with Crippen LogP contribution in [0.5, 0.6) is 0 Å². The van der Waals surface area contributed by atoms with Crippen molar-refractivity contribution in [1.29, 1.82) is 0 Å². The Morgan fingerprint density at radius 2 is 1.29 bits per heavy atom. The largest absolute Gasteiger partial charge is 2.00 e. The standard InChI is InChI=1S/C8H14N.C4H9.U/c1-2-4-8-6-9-5-7(8)3-1;1-4(2)3;/h7-8H,1-6H2;1-3H3;/q2*-1;+2. The molecule has 14 heavy (non-hydrogen) atoms. The minimum atomic E-state index is 0. The van der Waals surface area contributed by atoms with Crippen LogP contribution in [0.15, 0.2) is 0 Å². The Morgan fingerprint density at radius 3 is 1.64 bits per heavy atom. The molecular formula is C12H23NU. The van der Waals surface area contributed by atoms with Crippen LogP contribution in [0.25, 0.3) is 5.32 Å². The van der Waals surface area contributed by atoms with Crippen LogP contribution in [-0.4, -0.2) is 13.1 Å². The van der Waals surface area contributed by atoms with E-state index in [4.69, 9.17) is 0 Å².